The summed E-state index contributed by atoms with van der Waals surface area (Å²) in [6.45, 7) is 0. The third kappa shape index (κ3) is 3.38. The molecular weight excluding hydrogens is 238 g/mol. The van der Waals surface area contributed by atoms with Crippen molar-refractivity contribution >= 4 is 23.4 Å². The molecule has 2 rings (SSSR count). The molecule has 5 heteroatoms. The molecule has 1 heterocycles. The Hall–Kier alpha value is -1.20. The highest BCUT2D eigenvalue weighted by molar-refractivity contribution is 7.99. The quantitative estimate of drug-likeness (QED) is 0.634. The fourth-order valence-corrected chi connectivity index (χ4v) is 2.82. The van der Waals surface area contributed by atoms with Gasteiger partial charge >= 0.3 is 5.97 Å². The number of ether oxygens (including phenoxy) is 1. The second-order valence-corrected chi connectivity index (χ2v) is 5.14. The van der Waals surface area contributed by atoms with Gasteiger partial charge in [0.25, 0.3) is 0 Å². The maximum absolute atomic E-state index is 10.7. The van der Waals surface area contributed by atoms with Gasteiger partial charge in [-0.25, -0.2) is 4.79 Å². The normalized spacial score (nSPS) is 23.8. The molecule has 2 unspecified atom stereocenters. The van der Waals surface area contributed by atoms with E-state index in [9.17, 15) is 4.79 Å². The van der Waals surface area contributed by atoms with Gasteiger partial charge in [0.2, 0.25) is 0 Å². The average Bonchev–Trinajstić information content (AvgIpc) is 2.75. The van der Waals surface area contributed by atoms with Crippen molar-refractivity contribution in [3.8, 4) is 0 Å². The van der Waals surface area contributed by atoms with Crippen LogP contribution in [-0.2, 0) is 9.53 Å². The summed E-state index contributed by atoms with van der Waals surface area (Å²) < 4.78 is 5.42. The van der Waals surface area contributed by atoms with Crippen molar-refractivity contribution in [2.75, 3.05) is 11.5 Å². The van der Waals surface area contributed by atoms with Gasteiger partial charge in [-0.2, -0.15) is 0 Å². The van der Waals surface area contributed by atoms with Gasteiger partial charge in [-0.15, -0.1) is 11.8 Å². The van der Waals surface area contributed by atoms with E-state index in [2.05, 4.69) is 0 Å². The molecule has 1 aromatic carbocycles. The second-order valence-electron chi connectivity index (χ2n) is 4.05. The van der Waals surface area contributed by atoms with Crippen molar-refractivity contribution in [1.82, 2.24) is 0 Å². The molecule has 0 aromatic heterocycles. The summed E-state index contributed by atoms with van der Waals surface area (Å²) in [5.41, 5.74) is 6.42. The van der Waals surface area contributed by atoms with Crippen molar-refractivity contribution in [1.29, 1.82) is 0 Å². The molecule has 1 aliphatic rings. The molecule has 0 amide bonds. The summed E-state index contributed by atoms with van der Waals surface area (Å²) >= 11 is 1.65. The summed E-state index contributed by atoms with van der Waals surface area (Å²) in [5, 5.41) is 8.80. The number of nitrogens with two attached hydrogens (primary N) is 1. The van der Waals surface area contributed by atoms with E-state index in [0.717, 1.165) is 22.8 Å². The van der Waals surface area contributed by atoms with Crippen LogP contribution in [0.2, 0.25) is 0 Å². The number of anilines is 1. The Morgan fingerprint density at radius 2 is 2.35 bits per heavy atom. The number of benzene rings is 1. The third-order valence-corrected chi connectivity index (χ3v) is 3.80. The SMILES string of the molecule is Nc1cccc(SCC2CCC(C(=O)O)O2)c1. The zero-order chi connectivity index (χ0) is 12.3. The zero-order valence-electron chi connectivity index (χ0n) is 9.33. The van der Waals surface area contributed by atoms with Gasteiger partial charge in [-0.05, 0) is 31.0 Å². The maximum atomic E-state index is 10.7. The molecule has 0 spiro atoms. The van der Waals surface area contributed by atoms with E-state index in [-0.39, 0.29) is 6.10 Å². The van der Waals surface area contributed by atoms with Crippen molar-refractivity contribution in [2.45, 2.75) is 29.9 Å². The Balaban J connectivity index is 1.82. The predicted octanol–water partition coefficient (Wildman–Crippen LogP) is 1.99. The Bertz CT molecular complexity index is 410. The number of aliphatic carboxylic acids is 1. The smallest absolute Gasteiger partial charge is 0.332 e. The highest BCUT2D eigenvalue weighted by atomic mass is 32.2. The molecule has 92 valence electrons. The van der Waals surface area contributed by atoms with Crippen LogP contribution in [0.25, 0.3) is 0 Å². The van der Waals surface area contributed by atoms with E-state index >= 15 is 0 Å². The molecule has 17 heavy (non-hydrogen) atoms. The number of hydrogen-bond donors (Lipinski definition) is 2. The Morgan fingerprint density at radius 3 is 3.00 bits per heavy atom. The van der Waals surface area contributed by atoms with Gasteiger partial charge in [0, 0.05) is 16.3 Å². The summed E-state index contributed by atoms with van der Waals surface area (Å²) in [5.74, 6) is -0.0887. The summed E-state index contributed by atoms with van der Waals surface area (Å²) in [4.78, 5) is 11.8. The first kappa shape index (κ1) is 12.3. The van der Waals surface area contributed by atoms with Crippen LogP contribution in [-0.4, -0.2) is 29.0 Å². The largest absolute Gasteiger partial charge is 0.479 e. The Morgan fingerprint density at radius 1 is 1.53 bits per heavy atom. The lowest BCUT2D eigenvalue weighted by Crippen LogP contribution is -2.21. The molecule has 1 aromatic rings. The van der Waals surface area contributed by atoms with Crippen LogP contribution < -0.4 is 5.73 Å². The minimum absolute atomic E-state index is 0.0301. The van der Waals surface area contributed by atoms with Gasteiger partial charge in [0.05, 0.1) is 6.10 Å². The fourth-order valence-electron chi connectivity index (χ4n) is 1.80. The summed E-state index contributed by atoms with van der Waals surface area (Å²) in [6, 6.07) is 7.66. The van der Waals surface area contributed by atoms with Gasteiger partial charge in [0.1, 0.15) is 0 Å². The van der Waals surface area contributed by atoms with E-state index in [4.69, 9.17) is 15.6 Å². The fraction of sp³-hybridized carbons (Fsp3) is 0.417. The monoisotopic (exact) mass is 253 g/mol. The van der Waals surface area contributed by atoms with Crippen LogP contribution in [0, 0.1) is 0 Å². The molecule has 2 atom stereocenters. The van der Waals surface area contributed by atoms with Crippen LogP contribution >= 0.6 is 11.8 Å². The van der Waals surface area contributed by atoms with Gasteiger partial charge < -0.3 is 15.6 Å². The van der Waals surface area contributed by atoms with Crippen molar-refractivity contribution in [3.05, 3.63) is 24.3 Å². The van der Waals surface area contributed by atoms with Crippen LogP contribution in [0.5, 0.6) is 0 Å². The van der Waals surface area contributed by atoms with E-state index in [1.807, 2.05) is 24.3 Å². The lowest BCUT2D eigenvalue weighted by atomic mass is 10.2. The molecular formula is C12H15NO3S. The standard InChI is InChI=1S/C12H15NO3S/c13-8-2-1-3-10(6-8)17-7-9-4-5-11(16-9)12(14)15/h1-3,6,9,11H,4-5,7,13H2,(H,14,15). The molecule has 0 aliphatic carbocycles. The molecule has 1 saturated heterocycles. The van der Waals surface area contributed by atoms with Crippen LogP contribution in [0.4, 0.5) is 5.69 Å². The highest BCUT2D eigenvalue weighted by Crippen LogP contribution is 2.27. The number of thioether (sulfide) groups is 1. The number of carbonyl (C=O) groups is 1. The first-order valence-electron chi connectivity index (χ1n) is 5.52. The Kier molecular flexibility index (Phi) is 3.91. The van der Waals surface area contributed by atoms with E-state index < -0.39 is 12.1 Å². The molecule has 0 radical (unpaired) electrons. The van der Waals surface area contributed by atoms with E-state index in [1.165, 1.54) is 0 Å². The second kappa shape index (κ2) is 5.42. The summed E-state index contributed by atoms with van der Waals surface area (Å²) in [7, 11) is 0. The van der Waals surface area contributed by atoms with Crippen LogP contribution in [0.3, 0.4) is 0 Å². The number of rotatable bonds is 4. The lowest BCUT2D eigenvalue weighted by Gasteiger charge is -2.10. The summed E-state index contributed by atoms with van der Waals surface area (Å²) in [6.07, 6.45) is 0.827. The van der Waals surface area contributed by atoms with Crippen molar-refractivity contribution in [3.63, 3.8) is 0 Å². The van der Waals surface area contributed by atoms with Crippen molar-refractivity contribution < 1.29 is 14.6 Å². The maximum Gasteiger partial charge on any atom is 0.332 e. The zero-order valence-corrected chi connectivity index (χ0v) is 10.2. The molecule has 0 saturated carbocycles. The number of carboxylic acid groups (broad SMARTS) is 1. The minimum atomic E-state index is -0.860. The van der Waals surface area contributed by atoms with Crippen molar-refractivity contribution in [2.24, 2.45) is 0 Å². The molecule has 0 bridgehead atoms. The molecule has 1 aliphatic heterocycles. The minimum Gasteiger partial charge on any atom is -0.479 e. The third-order valence-electron chi connectivity index (χ3n) is 2.68. The topological polar surface area (TPSA) is 72.6 Å². The van der Waals surface area contributed by atoms with E-state index in [1.54, 1.807) is 11.8 Å². The van der Waals surface area contributed by atoms with E-state index in [0.29, 0.717) is 6.42 Å². The Labute approximate surface area is 104 Å². The van der Waals surface area contributed by atoms with Crippen LogP contribution in [0.15, 0.2) is 29.2 Å². The van der Waals surface area contributed by atoms with Gasteiger partial charge in [-0.1, -0.05) is 6.07 Å². The molecule has 4 nitrogen and oxygen atoms in total. The highest BCUT2D eigenvalue weighted by Gasteiger charge is 2.30. The van der Waals surface area contributed by atoms with Gasteiger partial charge in [-0.3, -0.25) is 0 Å². The number of nitrogen functional groups attached to an aromatic ring is 1. The average molecular weight is 253 g/mol. The predicted molar refractivity (Wildman–Crippen MR) is 67.1 cm³/mol. The number of carboxylic acids is 1. The number of hydrogen-bond acceptors (Lipinski definition) is 4. The lowest BCUT2D eigenvalue weighted by molar-refractivity contribution is -0.148. The molecule has 1 fully saturated rings. The first-order chi connectivity index (χ1) is 8.15. The first-order valence-corrected chi connectivity index (χ1v) is 6.50. The molecule has 3 N–H and O–H groups in total. The van der Waals surface area contributed by atoms with Crippen LogP contribution in [0.1, 0.15) is 12.8 Å². The van der Waals surface area contributed by atoms with Gasteiger partial charge in [0.15, 0.2) is 6.10 Å².